The van der Waals surface area contributed by atoms with Crippen LogP contribution in [0.15, 0.2) is 0 Å². The standard InChI is InChI=1S/C10H14O4S/c1-5(11)9(6(2)12)15-10(7(3)13)8(4)14/h9-10H,1-4H3. The number of Topliss-reactive ketones (excluding diaryl/α,β-unsaturated/α-hetero) is 4. The van der Waals surface area contributed by atoms with Crippen LogP contribution in [0.2, 0.25) is 0 Å². The Labute approximate surface area is 92.8 Å². The summed E-state index contributed by atoms with van der Waals surface area (Å²) in [7, 11) is 0. The lowest BCUT2D eigenvalue weighted by atomic mass is 10.2. The van der Waals surface area contributed by atoms with Gasteiger partial charge in [0.1, 0.15) is 33.6 Å². The van der Waals surface area contributed by atoms with E-state index in [0.717, 1.165) is 11.8 Å². The van der Waals surface area contributed by atoms with Crippen molar-refractivity contribution in [3.8, 4) is 0 Å². The molecule has 0 radical (unpaired) electrons. The zero-order valence-corrected chi connectivity index (χ0v) is 10.0. The summed E-state index contributed by atoms with van der Waals surface area (Å²) in [5.74, 6) is -1.33. The molecule has 84 valence electrons. The first-order chi connectivity index (χ1) is 6.77. The van der Waals surface area contributed by atoms with E-state index in [9.17, 15) is 19.2 Å². The van der Waals surface area contributed by atoms with Crippen LogP contribution in [0.4, 0.5) is 0 Å². The quantitative estimate of drug-likeness (QED) is 0.632. The molecule has 0 aromatic rings. The van der Waals surface area contributed by atoms with Crippen LogP contribution in [0.5, 0.6) is 0 Å². The molecule has 0 aromatic heterocycles. The van der Waals surface area contributed by atoms with Crippen molar-refractivity contribution in [1.29, 1.82) is 0 Å². The molecule has 0 atom stereocenters. The summed E-state index contributed by atoms with van der Waals surface area (Å²) in [6.07, 6.45) is 0. The van der Waals surface area contributed by atoms with Gasteiger partial charge in [0.25, 0.3) is 0 Å². The Balaban J connectivity index is 4.77. The van der Waals surface area contributed by atoms with E-state index in [1.54, 1.807) is 0 Å². The number of thioether (sulfide) groups is 1. The summed E-state index contributed by atoms with van der Waals surface area (Å²) in [4.78, 5) is 44.4. The van der Waals surface area contributed by atoms with Gasteiger partial charge in [0.15, 0.2) is 0 Å². The molecule has 15 heavy (non-hydrogen) atoms. The summed E-state index contributed by atoms with van der Waals surface area (Å²) in [5.41, 5.74) is 0. The molecule has 0 aromatic carbocycles. The zero-order valence-electron chi connectivity index (χ0n) is 9.20. The maximum Gasteiger partial charge on any atom is 0.150 e. The van der Waals surface area contributed by atoms with E-state index in [2.05, 4.69) is 0 Å². The first-order valence-electron chi connectivity index (χ1n) is 4.44. The van der Waals surface area contributed by atoms with E-state index in [1.165, 1.54) is 27.7 Å². The highest BCUT2D eigenvalue weighted by molar-refractivity contribution is 8.03. The first kappa shape index (κ1) is 14.0. The molecule has 0 unspecified atom stereocenters. The zero-order chi connectivity index (χ0) is 12.2. The molecule has 0 saturated carbocycles. The predicted octanol–water partition coefficient (Wildman–Crippen LogP) is 0.813. The number of hydrogen-bond acceptors (Lipinski definition) is 5. The Kier molecular flexibility index (Phi) is 5.43. The summed E-state index contributed by atoms with van der Waals surface area (Å²) in [6.45, 7) is 5.10. The van der Waals surface area contributed by atoms with Gasteiger partial charge in [-0.1, -0.05) is 0 Å². The van der Waals surface area contributed by atoms with Gasteiger partial charge in [0.2, 0.25) is 0 Å². The van der Waals surface area contributed by atoms with Gasteiger partial charge in [-0.05, 0) is 27.7 Å². The van der Waals surface area contributed by atoms with Crippen molar-refractivity contribution >= 4 is 34.9 Å². The van der Waals surface area contributed by atoms with Crippen molar-refractivity contribution in [3.63, 3.8) is 0 Å². The van der Waals surface area contributed by atoms with Gasteiger partial charge in [-0.3, -0.25) is 19.2 Å². The minimum Gasteiger partial charge on any atom is -0.298 e. The summed E-state index contributed by atoms with van der Waals surface area (Å²) in [5, 5.41) is -1.83. The van der Waals surface area contributed by atoms with Gasteiger partial charge in [-0.25, -0.2) is 0 Å². The Morgan fingerprint density at radius 2 is 0.867 bits per heavy atom. The smallest absolute Gasteiger partial charge is 0.150 e. The second kappa shape index (κ2) is 5.80. The number of carbonyl (C=O) groups excluding carboxylic acids is 4. The van der Waals surface area contributed by atoms with Crippen molar-refractivity contribution < 1.29 is 19.2 Å². The van der Waals surface area contributed by atoms with Crippen molar-refractivity contribution in [2.24, 2.45) is 0 Å². The van der Waals surface area contributed by atoms with Crippen molar-refractivity contribution in [2.45, 2.75) is 38.2 Å². The second-order valence-corrected chi connectivity index (χ2v) is 4.55. The highest BCUT2D eigenvalue weighted by Gasteiger charge is 2.29. The van der Waals surface area contributed by atoms with Gasteiger partial charge >= 0.3 is 0 Å². The number of ketones is 4. The minimum absolute atomic E-state index is 0.333. The van der Waals surface area contributed by atoms with Crippen LogP contribution in [0, 0.1) is 0 Å². The van der Waals surface area contributed by atoms with Crippen LogP contribution in [0.25, 0.3) is 0 Å². The summed E-state index contributed by atoms with van der Waals surface area (Å²) >= 11 is 0.824. The third kappa shape index (κ3) is 4.38. The third-order valence-corrected chi connectivity index (χ3v) is 3.62. The van der Waals surface area contributed by atoms with Crippen LogP contribution < -0.4 is 0 Å². The lowest BCUT2D eigenvalue weighted by Crippen LogP contribution is -2.31. The highest BCUT2D eigenvalue weighted by atomic mass is 32.2. The minimum atomic E-state index is -0.914. The molecule has 0 amide bonds. The third-order valence-electron chi connectivity index (χ3n) is 1.75. The molecular weight excluding hydrogens is 216 g/mol. The molecule has 4 nitrogen and oxygen atoms in total. The molecule has 0 rings (SSSR count). The molecule has 0 aliphatic heterocycles. The highest BCUT2D eigenvalue weighted by Crippen LogP contribution is 2.21. The SMILES string of the molecule is CC(=O)C(SC(C(C)=O)C(C)=O)C(C)=O. The normalized spacial score (nSPS) is 10.5. The van der Waals surface area contributed by atoms with Gasteiger partial charge < -0.3 is 0 Å². The molecule has 0 saturated heterocycles. The lowest BCUT2D eigenvalue weighted by Gasteiger charge is -2.15. The van der Waals surface area contributed by atoms with Gasteiger partial charge in [0.05, 0.1) is 0 Å². The fraction of sp³-hybridized carbons (Fsp3) is 0.600. The Morgan fingerprint density at radius 1 is 0.667 bits per heavy atom. The lowest BCUT2D eigenvalue weighted by molar-refractivity contribution is -0.124. The van der Waals surface area contributed by atoms with E-state index in [4.69, 9.17) is 0 Å². The molecule has 0 fully saturated rings. The topological polar surface area (TPSA) is 68.3 Å². The summed E-state index contributed by atoms with van der Waals surface area (Å²) < 4.78 is 0. The van der Waals surface area contributed by atoms with Crippen molar-refractivity contribution in [2.75, 3.05) is 0 Å². The monoisotopic (exact) mass is 230 g/mol. The van der Waals surface area contributed by atoms with Gasteiger partial charge in [0, 0.05) is 0 Å². The van der Waals surface area contributed by atoms with Gasteiger partial charge in [-0.15, -0.1) is 11.8 Å². The number of carbonyl (C=O) groups is 4. The average Bonchev–Trinajstić information content (AvgIpc) is 2.01. The molecule has 5 heteroatoms. The van der Waals surface area contributed by atoms with E-state index in [-0.39, 0.29) is 23.1 Å². The largest absolute Gasteiger partial charge is 0.298 e. The fourth-order valence-corrected chi connectivity index (χ4v) is 2.13. The molecule has 0 bridgehead atoms. The molecular formula is C10H14O4S. The van der Waals surface area contributed by atoms with Crippen LogP contribution in [-0.2, 0) is 19.2 Å². The van der Waals surface area contributed by atoms with Gasteiger partial charge in [-0.2, -0.15) is 0 Å². The fourth-order valence-electron chi connectivity index (χ4n) is 1.09. The van der Waals surface area contributed by atoms with Crippen LogP contribution in [0.3, 0.4) is 0 Å². The maximum atomic E-state index is 11.1. The van der Waals surface area contributed by atoms with E-state index >= 15 is 0 Å². The van der Waals surface area contributed by atoms with E-state index in [1.807, 2.05) is 0 Å². The molecule has 0 heterocycles. The molecule has 0 N–H and O–H groups in total. The first-order valence-corrected chi connectivity index (χ1v) is 5.39. The van der Waals surface area contributed by atoms with Crippen LogP contribution >= 0.6 is 11.8 Å². The molecule has 0 spiro atoms. The summed E-state index contributed by atoms with van der Waals surface area (Å²) in [6, 6.07) is 0. The molecule has 0 aliphatic carbocycles. The second-order valence-electron chi connectivity index (χ2n) is 3.34. The van der Waals surface area contributed by atoms with Crippen molar-refractivity contribution in [1.82, 2.24) is 0 Å². The Hall–Kier alpha value is -0.970. The number of hydrogen-bond donors (Lipinski definition) is 0. The predicted molar refractivity (Wildman–Crippen MR) is 57.9 cm³/mol. The average molecular weight is 230 g/mol. The van der Waals surface area contributed by atoms with Crippen molar-refractivity contribution in [3.05, 3.63) is 0 Å². The van der Waals surface area contributed by atoms with Crippen LogP contribution in [-0.4, -0.2) is 33.6 Å². The Bertz CT molecular complexity index is 251. The van der Waals surface area contributed by atoms with E-state index < -0.39 is 10.5 Å². The number of rotatable bonds is 6. The maximum absolute atomic E-state index is 11.1. The van der Waals surface area contributed by atoms with E-state index in [0.29, 0.717) is 0 Å². The van der Waals surface area contributed by atoms with Crippen LogP contribution in [0.1, 0.15) is 27.7 Å². The Morgan fingerprint density at radius 3 is 1.00 bits per heavy atom. The molecule has 0 aliphatic rings.